The van der Waals surface area contributed by atoms with Crippen molar-refractivity contribution in [2.75, 3.05) is 5.32 Å². The third kappa shape index (κ3) is 2.87. The molecular formula is C11H13ClN2O2. The van der Waals surface area contributed by atoms with Gasteiger partial charge in [0.05, 0.1) is 6.10 Å². The largest absolute Gasteiger partial charge is 0.393 e. The molecule has 0 unspecified atom stereocenters. The summed E-state index contributed by atoms with van der Waals surface area (Å²) in [6.45, 7) is 0. The van der Waals surface area contributed by atoms with E-state index in [2.05, 4.69) is 10.6 Å². The first kappa shape index (κ1) is 11.2. The molecule has 1 saturated carbocycles. The number of aliphatic hydroxyl groups is 1. The topological polar surface area (TPSA) is 61.4 Å². The van der Waals surface area contributed by atoms with E-state index in [1.165, 1.54) is 0 Å². The number of urea groups is 1. The molecule has 16 heavy (non-hydrogen) atoms. The van der Waals surface area contributed by atoms with Crippen LogP contribution in [-0.4, -0.2) is 23.3 Å². The SMILES string of the molecule is O=C(Nc1ccc(Cl)cc1)NC1CC(O)C1. The number of hydrogen-bond acceptors (Lipinski definition) is 2. The van der Waals surface area contributed by atoms with Gasteiger partial charge in [0.25, 0.3) is 0 Å². The lowest BCUT2D eigenvalue weighted by atomic mass is 9.90. The molecule has 5 heteroatoms. The molecule has 3 N–H and O–H groups in total. The second kappa shape index (κ2) is 4.72. The van der Waals surface area contributed by atoms with Gasteiger partial charge in [-0.15, -0.1) is 0 Å². The molecule has 0 radical (unpaired) electrons. The van der Waals surface area contributed by atoms with Crippen LogP contribution < -0.4 is 10.6 Å². The summed E-state index contributed by atoms with van der Waals surface area (Å²) in [5.41, 5.74) is 0.696. The van der Waals surface area contributed by atoms with E-state index in [1.54, 1.807) is 24.3 Å². The number of carbonyl (C=O) groups is 1. The highest BCUT2D eigenvalue weighted by Gasteiger charge is 2.28. The first-order chi connectivity index (χ1) is 7.63. The predicted molar refractivity (Wildman–Crippen MR) is 62.6 cm³/mol. The average Bonchev–Trinajstić information content (AvgIpc) is 2.19. The number of hydrogen-bond donors (Lipinski definition) is 3. The molecule has 0 aromatic heterocycles. The van der Waals surface area contributed by atoms with Gasteiger partial charge in [0, 0.05) is 16.8 Å². The number of nitrogens with one attached hydrogen (secondary N) is 2. The van der Waals surface area contributed by atoms with E-state index in [0.29, 0.717) is 23.6 Å². The lowest BCUT2D eigenvalue weighted by Gasteiger charge is -2.31. The third-order valence-corrected chi connectivity index (χ3v) is 2.80. The van der Waals surface area contributed by atoms with Gasteiger partial charge >= 0.3 is 6.03 Å². The Hall–Kier alpha value is -1.26. The fourth-order valence-electron chi connectivity index (χ4n) is 1.59. The fraction of sp³-hybridized carbons (Fsp3) is 0.364. The minimum absolute atomic E-state index is 0.0855. The summed E-state index contributed by atoms with van der Waals surface area (Å²) in [5, 5.41) is 15.2. The Bertz CT molecular complexity index is 374. The lowest BCUT2D eigenvalue weighted by molar-refractivity contribution is 0.0671. The van der Waals surface area contributed by atoms with Crippen molar-refractivity contribution in [2.45, 2.75) is 25.0 Å². The molecule has 0 saturated heterocycles. The van der Waals surface area contributed by atoms with Crippen LogP contribution >= 0.6 is 11.6 Å². The molecular weight excluding hydrogens is 228 g/mol. The average molecular weight is 241 g/mol. The van der Waals surface area contributed by atoms with Gasteiger partial charge in [-0.2, -0.15) is 0 Å². The summed E-state index contributed by atoms with van der Waals surface area (Å²) in [6, 6.07) is 6.73. The Labute approximate surface area is 98.6 Å². The van der Waals surface area contributed by atoms with Gasteiger partial charge in [-0.1, -0.05) is 11.6 Å². The molecule has 86 valence electrons. The minimum atomic E-state index is -0.263. The van der Waals surface area contributed by atoms with Crippen molar-refractivity contribution >= 4 is 23.3 Å². The van der Waals surface area contributed by atoms with E-state index < -0.39 is 0 Å². The quantitative estimate of drug-likeness (QED) is 0.740. The van der Waals surface area contributed by atoms with Crippen molar-refractivity contribution in [3.05, 3.63) is 29.3 Å². The second-order valence-electron chi connectivity index (χ2n) is 3.93. The van der Waals surface area contributed by atoms with E-state index in [9.17, 15) is 4.79 Å². The normalized spacial score (nSPS) is 23.4. The monoisotopic (exact) mass is 240 g/mol. The van der Waals surface area contributed by atoms with Crippen LogP contribution in [0.5, 0.6) is 0 Å². The van der Waals surface area contributed by atoms with Gasteiger partial charge in [0.15, 0.2) is 0 Å². The van der Waals surface area contributed by atoms with E-state index >= 15 is 0 Å². The minimum Gasteiger partial charge on any atom is -0.393 e. The maximum atomic E-state index is 11.5. The summed E-state index contributed by atoms with van der Waals surface area (Å²) in [7, 11) is 0. The maximum absolute atomic E-state index is 11.5. The Balaban J connectivity index is 1.80. The molecule has 1 fully saturated rings. The number of rotatable bonds is 2. The van der Waals surface area contributed by atoms with Crippen LogP contribution in [-0.2, 0) is 0 Å². The zero-order chi connectivity index (χ0) is 11.5. The fourth-order valence-corrected chi connectivity index (χ4v) is 1.72. The number of carbonyl (C=O) groups excluding carboxylic acids is 1. The van der Waals surface area contributed by atoms with Crippen LogP contribution in [0.3, 0.4) is 0 Å². The van der Waals surface area contributed by atoms with Gasteiger partial charge in [-0.25, -0.2) is 4.79 Å². The highest BCUT2D eigenvalue weighted by atomic mass is 35.5. The van der Waals surface area contributed by atoms with Crippen molar-refractivity contribution in [1.82, 2.24) is 5.32 Å². The Morgan fingerprint density at radius 1 is 1.31 bits per heavy atom. The molecule has 0 bridgehead atoms. The number of anilines is 1. The van der Waals surface area contributed by atoms with Gasteiger partial charge < -0.3 is 15.7 Å². The highest BCUT2D eigenvalue weighted by Crippen LogP contribution is 2.19. The summed E-state index contributed by atoms with van der Waals surface area (Å²) in [6.07, 6.45) is 1.00. The molecule has 0 heterocycles. The summed E-state index contributed by atoms with van der Waals surface area (Å²) < 4.78 is 0. The molecule has 1 aliphatic carbocycles. The van der Waals surface area contributed by atoms with Crippen molar-refractivity contribution < 1.29 is 9.90 Å². The zero-order valence-electron chi connectivity index (χ0n) is 8.61. The van der Waals surface area contributed by atoms with Crippen LogP contribution in [0.2, 0.25) is 5.02 Å². The highest BCUT2D eigenvalue weighted by molar-refractivity contribution is 6.30. The van der Waals surface area contributed by atoms with Gasteiger partial charge in [-0.3, -0.25) is 0 Å². The van der Waals surface area contributed by atoms with Gasteiger partial charge in [0.1, 0.15) is 0 Å². The zero-order valence-corrected chi connectivity index (χ0v) is 9.37. The van der Waals surface area contributed by atoms with Crippen LogP contribution in [0, 0.1) is 0 Å². The van der Waals surface area contributed by atoms with Gasteiger partial charge in [-0.05, 0) is 37.1 Å². The third-order valence-electron chi connectivity index (χ3n) is 2.55. The molecule has 2 amide bonds. The maximum Gasteiger partial charge on any atom is 0.319 e. The van der Waals surface area contributed by atoms with Crippen molar-refractivity contribution in [2.24, 2.45) is 0 Å². The Kier molecular flexibility index (Phi) is 3.31. The standard InChI is InChI=1S/C11H13ClN2O2/c12-7-1-3-8(4-2-7)13-11(16)14-9-5-10(15)6-9/h1-4,9-10,15H,5-6H2,(H2,13,14,16). The first-order valence-corrected chi connectivity index (χ1v) is 5.52. The van der Waals surface area contributed by atoms with Crippen LogP contribution in [0.25, 0.3) is 0 Å². The van der Waals surface area contributed by atoms with E-state index in [0.717, 1.165) is 0 Å². The predicted octanol–water partition coefficient (Wildman–Crippen LogP) is 1.98. The van der Waals surface area contributed by atoms with Crippen LogP contribution in [0.1, 0.15) is 12.8 Å². The van der Waals surface area contributed by atoms with Crippen molar-refractivity contribution in [3.63, 3.8) is 0 Å². The molecule has 0 spiro atoms. The molecule has 0 atom stereocenters. The second-order valence-corrected chi connectivity index (χ2v) is 4.36. The molecule has 1 aromatic carbocycles. The Morgan fingerprint density at radius 3 is 2.50 bits per heavy atom. The number of benzene rings is 1. The molecule has 2 rings (SSSR count). The summed E-state index contributed by atoms with van der Waals surface area (Å²) in [4.78, 5) is 11.5. The number of aliphatic hydroxyl groups excluding tert-OH is 1. The Morgan fingerprint density at radius 2 is 1.94 bits per heavy atom. The molecule has 4 nitrogen and oxygen atoms in total. The molecule has 1 aromatic rings. The summed E-state index contributed by atoms with van der Waals surface area (Å²) >= 11 is 5.72. The van der Waals surface area contributed by atoms with Crippen molar-refractivity contribution in [1.29, 1.82) is 0 Å². The lowest BCUT2D eigenvalue weighted by Crippen LogP contribution is -2.48. The van der Waals surface area contributed by atoms with Gasteiger partial charge in [0.2, 0.25) is 0 Å². The van der Waals surface area contributed by atoms with Crippen molar-refractivity contribution in [3.8, 4) is 0 Å². The smallest absolute Gasteiger partial charge is 0.319 e. The number of amides is 2. The van der Waals surface area contributed by atoms with Crippen LogP contribution in [0.15, 0.2) is 24.3 Å². The van der Waals surface area contributed by atoms with E-state index in [1.807, 2.05) is 0 Å². The number of halogens is 1. The van der Waals surface area contributed by atoms with Crippen LogP contribution in [0.4, 0.5) is 10.5 Å². The molecule has 0 aliphatic heterocycles. The summed E-state index contributed by atoms with van der Waals surface area (Å²) in [5.74, 6) is 0. The molecule has 1 aliphatic rings. The first-order valence-electron chi connectivity index (χ1n) is 5.14. The van der Waals surface area contributed by atoms with E-state index in [-0.39, 0.29) is 18.2 Å². The van der Waals surface area contributed by atoms with E-state index in [4.69, 9.17) is 16.7 Å².